The van der Waals surface area contributed by atoms with Crippen molar-refractivity contribution >= 4 is 11.9 Å². The van der Waals surface area contributed by atoms with Crippen LogP contribution in [0.25, 0.3) is 0 Å². The predicted molar refractivity (Wildman–Crippen MR) is 113 cm³/mol. The second kappa shape index (κ2) is 7.25. The molecule has 0 radical (unpaired) electrons. The van der Waals surface area contributed by atoms with Gasteiger partial charge in [0.05, 0.1) is 34.4 Å². The molecule has 8 nitrogen and oxygen atoms in total. The molecule has 4 rings (SSSR count). The maximum absolute atomic E-state index is 13.0. The van der Waals surface area contributed by atoms with E-state index >= 15 is 0 Å². The number of carbonyl (C=O) groups excluding carboxylic acids is 2. The van der Waals surface area contributed by atoms with Crippen LogP contribution >= 0.6 is 0 Å². The molecule has 2 bridgehead atoms. The van der Waals surface area contributed by atoms with E-state index in [1.54, 1.807) is 58.0 Å². The van der Waals surface area contributed by atoms with Crippen LogP contribution in [0.5, 0.6) is 0 Å². The van der Waals surface area contributed by atoms with Crippen LogP contribution in [0.4, 0.5) is 0 Å². The molecule has 1 spiro atoms. The van der Waals surface area contributed by atoms with E-state index in [-0.39, 0.29) is 12.8 Å². The minimum atomic E-state index is -1.65. The van der Waals surface area contributed by atoms with Crippen molar-refractivity contribution in [3.05, 3.63) is 35.9 Å². The van der Waals surface area contributed by atoms with Crippen LogP contribution in [-0.4, -0.2) is 68.5 Å². The number of rotatable bonds is 3. The first-order chi connectivity index (χ1) is 14.8. The van der Waals surface area contributed by atoms with Gasteiger partial charge in [-0.1, -0.05) is 18.2 Å². The zero-order chi connectivity index (χ0) is 23.7. The molecule has 2 aliphatic carbocycles. The van der Waals surface area contributed by atoms with Crippen LogP contribution in [0.1, 0.15) is 57.8 Å². The number of benzene rings is 1. The van der Waals surface area contributed by atoms with Gasteiger partial charge in [-0.05, 0) is 52.7 Å². The summed E-state index contributed by atoms with van der Waals surface area (Å²) in [6.45, 7) is 7.95. The van der Waals surface area contributed by atoms with Gasteiger partial charge in [0.2, 0.25) is 0 Å². The third-order valence-electron chi connectivity index (χ3n) is 7.97. The van der Waals surface area contributed by atoms with E-state index in [0.29, 0.717) is 5.56 Å². The second-order valence-electron chi connectivity index (χ2n) is 10.3. The summed E-state index contributed by atoms with van der Waals surface area (Å²) in [5.41, 5.74) is -5.37. The topological polar surface area (TPSA) is 123 Å². The Hall–Kier alpha value is -2.00. The Morgan fingerprint density at radius 3 is 2.28 bits per heavy atom. The number of fused-ring (bicyclic) bond motifs is 1. The lowest BCUT2D eigenvalue weighted by Crippen LogP contribution is -2.80. The summed E-state index contributed by atoms with van der Waals surface area (Å²) in [6.07, 6.45) is -4.24. The highest BCUT2D eigenvalue weighted by Crippen LogP contribution is 2.67. The molecule has 0 aromatic heterocycles. The molecule has 0 amide bonds. The average Bonchev–Trinajstić information content (AvgIpc) is 2.90. The normalized spacial score (nSPS) is 44.4. The van der Waals surface area contributed by atoms with Gasteiger partial charge in [-0.25, -0.2) is 4.79 Å². The first-order valence-corrected chi connectivity index (χ1v) is 11.0. The van der Waals surface area contributed by atoms with Crippen LogP contribution in [0, 0.1) is 11.3 Å². The molecule has 1 aromatic rings. The Labute approximate surface area is 187 Å². The maximum atomic E-state index is 13.0. The van der Waals surface area contributed by atoms with Gasteiger partial charge in [0.15, 0.2) is 0 Å². The Morgan fingerprint density at radius 1 is 1.06 bits per heavy atom. The van der Waals surface area contributed by atoms with E-state index in [4.69, 9.17) is 14.2 Å². The Balaban J connectivity index is 1.89. The molecule has 1 aliphatic heterocycles. The number of ether oxygens (including phenoxy) is 3. The monoisotopic (exact) mass is 448 g/mol. The van der Waals surface area contributed by atoms with Crippen molar-refractivity contribution in [2.45, 2.75) is 88.7 Å². The third kappa shape index (κ3) is 2.89. The molecular weight excluding hydrogens is 416 g/mol. The van der Waals surface area contributed by atoms with E-state index in [1.165, 1.54) is 6.92 Å². The number of carbonyl (C=O) groups is 2. The van der Waals surface area contributed by atoms with Crippen LogP contribution in [0.3, 0.4) is 0 Å². The highest BCUT2D eigenvalue weighted by molar-refractivity contribution is 5.89. The summed E-state index contributed by atoms with van der Waals surface area (Å²) >= 11 is 0. The molecular formula is C24H32O8. The van der Waals surface area contributed by atoms with E-state index in [2.05, 4.69) is 0 Å². The highest BCUT2D eigenvalue weighted by atomic mass is 16.6. The fraction of sp³-hybridized carbons (Fsp3) is 0.667. The predicted octanol–water partition coefficient (Wildman–Crippen LogP) is 1.59. The zero-order valence-electron chi connectivity index (χ0n) is 19.1. The summed E-state index contributed by atoms with van der Waals surface area (Å²) in [4.78, 5) is 25.0. The fourth-order valence-electron chi connectivity index (χ4n) is 6.62. The molecule has 1 aromatic carbocycles. The smallest absolute Gasteiger partial charge is 0.338 e. The SMILES string of the molecule is CC(=O)O[C@H]1CC[C@](C)(O)[C@]23OC(C)(C)[C@H]([C@H](O)[C@@H](OC(=O)c4ccccc4)[C@]12C)[C@@H]3O. The number of esters is 2. The van der Waals surface area contributed by atoms with Crippen LogP contribution in [0.15, 0.2) is 30.3 Å². The summed E-state index contributed by atoms with van der Waals surface area (Å²) < 4.78 is 18.0. The van der Waals surface area contributed by atoms with Gasteiger partial charge >= 0.3 is 11.9 Å². The van der Waals surface area contributed by atoms with Crippen molar-refractivity contribution in [1.29, 1.82) is 0 Å². The summed E-state index contributed by atoms with van der Waals surface area (Å²) in [6, 6.07) is 8.36. The number of aliphatic hydroxyl groups excluding tert-OH is 2. The maximum Gasteiger partial charge on any atom is 0.338 e. The molecule has 1 heterocycles. The quantitative estimate of drug-likeness (QED) is 0.596. The third-order valence-corrected chi connectivity index (χ3v) is 7.97. The highest BCUT2D eigenvalue weighted by Gasteiger charge is 2.83. The van der Waals surface area contributed by atoms with Crippen molar-refractivity contribution in [2.75, 3.05) is 0 Å². The first kappa shape index (κ1) is 23.2. The minimum absolute atomic E-state index is 0.190. The van der Waals surface area contributed by atoms with Crippen molar-refractivity contribution in [3.8, 4) is 0 Å². The van der Waals surface area contributed by atoms with Crippen LogP contribution in [0.2, 0.25) is 0 Å². The Bertz CT molecular complexity index is 912. The van der Waals surface area contributed by atoms with Gasteiger partial charge in [0, 0.05) is 12.8 Å². The van der Waals surface area contributed by atoms with Crippen LogP contribution < -0.4 is 0 Å². The lowest BCUT2D eigenvalue weighted by molar-refractivity contribution is -0.335. The van der Waals surface area contributed by atoms with E-state index < -0.39 is 64.5 Å². The number of aliphatic hydroxyl groups is 3. The lowest BCUT2D eigenvalue weighted by atomic mass is 9.47. The number of hydrogen-bond donors (Lipinski definition) is 3. The second-order valence-corrected chi connectivity index (χ2v) is 10.3. The zero-order valence-corrected chi connectivity index (χ0v) is 19.1. The average molecular weight is 449 g/mol. The molecule has 0 unspecified atom stereocenters. The molecule has 3 aliphatic rings. The summed E-state index contributed by atoms with van der Waals surface area (Å²) in [7, 11) is 0. The molecule has 2 saturated carbocycles. The largest absolute Gasteiger partial charge is 0.462 e. The molecule has 8 atom stereocenters. The molecule has 1 saturated heterocycles. The van der Waals surface area contributed by atoms with E-state index in [9.17, 15) is 24.9 Å². The van der Waals surface area contributed by atoms with E-state index in [0.717, 1.165) is 0 Å². The van der Waals surface area contributed by atoms with Gasteiger partial charge < -0.3 is 29.5 Å². The molecule has 3 N–H and O–H groups in total. The molecule has 3 fully saturated rings. The number of hydrogen-bond acceptors (Lipinski definition) is 8. The molecule has 8 heteroatoms. The van der Waals surface area contributed by atoms with Crippen molar-refractivity contribution in [1.82, 2.24) is 0 Å². The van der Waals surface area contributed by atoms with Crippen molar-refractivity contribution < 1.29 is 39.1 Å². The fourth-order valence-corrected chi connectivity index (χ4v) is 6.62. The van der Waals surface area contributed by atoms with Crippen molar-refractivity contribution in [3.63, 3.8) is 0 Å². The van der Waals surface area contributed by atoms with Gasteiger partial charge in [-0.2, -0.15) is 0 Å². The Morgan fingerprint density at radius 2 is 1.69 bits per heavy atom. The van der Waals surface area contributed by atoms with Gasteiger partial charge in [0.25, 0.3) is 0 Å². The van der Waals surface area contributed by atoms with Gasteiger partial charge in [-0.3, -0.25) is 4.79 Å². The molecule has 32 heavy (non-hydrogen) atoms. The van der Waals surface area contributed by atoms with Gasteiger partial charge in [0.1, 0.15) is 17.8 Å². The lowest BCUT2D eigenvalue weighted by Gasteiger charge is -2.64. The van der Waals surface area contributed by atoms with E-state index in [1.807, 2.05) is 0 Å². The van der Waals surface area contributed by atoms with Gasteiger partial charge in [-0.15, -0.1) is 0 Å². The summed E-state index contributed by atoms with van der Waals surface area (Å²) in [5.74, 6) is -2.05. The molecule has 176 valence electrons. The first-order valence-electron chi connectivity index (χ1n) is 11.0. The van der Waals surface area contributed by atoms with Crippen molar-refractivity contribution in [2.24, 2.45) is 11.3 Å². The summed E-state index contributed by atoms with van der Waals surface area (Å²) in [5, 5.41) is 34.5. The standard InChI is InChI=1S/C24H32O8/c1-13(25)30-15-11-12-22(4,29)24-18(27)16(21(2,3)32-24)17(26)19(23(15,24)5)31-20(28)14-9-7-6-8-10-14/h6-10,15-19,26-27,29H,11-12H2,1-5H3/t15-,16+,17-,18-,19+,22-,23-,24-/m0/s1. The Kier molecular flexibility index (Phi) is 5.25. The minimum Gasteiger partial charge on any atom is -0.462 e. The van der Waals surface area contributed by atoms with Crippen LogP contribution in [-0.2, 0) is 19.0 Å².